The molecule has 0 amide bonds. The maximum atomic E-state index is 6.01. The second-order valence-corrected chi connectivity index (χ2v) is 6.26. The molecule has 1 atom stereocenters. The van der Waals surface area contributed by atoms with Gasteiger partial charge in [0.1, 0.15) is 11.8 Å². The molecular weight excluding hydrogens is 350 g/mol. The second kappa shape index (κ2) is 8.39. The van der Waals surface area contributed by atoms with E-state index in [9.17, 15) is 0 Å². The SMILES string of the molecule is CCOc1ccc(N[C@H](c2ccccc2)c2nnc(-c3ccccc3)o2)cc1. The van der Waals surface area contributed by atoms with Gasteiger partial charge < -0.3 is 14.5 Å². The van der Waals surface area contributed by atoms with Gasteiger partial charge >= 0.3 is 0 Å². The highest BCUT2D eigenvalue weighted by molar-refractivity contribution is 5.53. The van der Waals surface area contributed by atoms with Crippen molar-refractivity contribution in [3.63, 3.8) is 0 Å². The van der Waals surface area contributed by atoms with Gasteiger partial charge in [-0.05, 0) is 48.9 Å². The largest absolute Gasteiger partial charge is 0.494 e. The molecular formula is C23H21N3O2. The number of rotatable bonds is 7. The molecule has 1 N–H and O–H groups in total. The third-order valence-corrected chi connectivity index (χ3v) is 4.32. The quantitative estimate of drug-likeness (QED) is 0.475. The first-order chi connectivity index (χ1) is 13.8. The molecule has 4 aromatic rings. The van der Waals surface area contributed by atoms with Gasteiger partial charge in [0, 0.05) is 11.3 Å². The molecule has 5 heteroatoms. The van der Waals surface area contributed by atoms with Crippen molar-refractivity contribution in [2.75, 3.05) is 11.9 Å². The van der Waals surface area contributed by atoms with Crippen LogP contribution in [0.3, 0.4) is 0 Å². The molecule has 0 saturated heterocycles. The molecule has 4 rings (SSSR count). The summed E-state index contributed by atoms with van der Waals surface area (Å²) in [5.41, 5.74) is 2.88. The Labute approximate surface area is 164 Å². The molecule has 5 nitrogen and oxygen atoms in total. The fraction of sp³-hybridized carbons (Fsp3) is 0.130. The van der Waals surface area contributed by atoms with Gasteiger partial charge in [0.2, 0.25) is 11.8 Å². The molecule has 1 heterocycles. The summed E-state index contributed by atoms with van der Waals surface area (Å²) in [4.78, 5) is 0. The minimum absolute atomic E-state index is 0.260. The molecule has 28 heavy (non-hydrogen) atoms. The van der Waals surface area contributed by atoms with Crippen molar-refractivity contribution in [3.05, 3.63) is 96.4 Å². The highest BCUT2D eigenvalue weighted by Crippen LogP contribution is 2.29. The van der Waals surface area contributed by atoms with Gasteiger partial charge in [-0.15, -0.1) is 10.2 Å². The summed E-state index contributed by atoms with van der Waals surface area (Å²) in [6.45, 7) is 2.61. The number of nitrogens with zero attached hydrogens (tertiary/aromatic N) is 2. The third-order valence-electron chi connectivity index (χ3n) is 4.32. The fourth-order valence-corrected chi connectivity index (χ4v) is 2.96. The van der Waals surface area contributed by atoms with Gasteiger partial charge in [-0.25, -0.2) is 0 Å². The molecule has 0 fully saturated rings. The van der Waals surface area contributed by atoms with Gasteiger partial charge in [-0.1, -0.05) is 48.5 Å². The standard InChI is InChI=1S/C23H21N3O2/c1-2-27-20-15-13-19(14-16-20)24-21(17-9-5-3-6-10-17)23-26-25-22(28-23)18-11-7-4-8-12-18/h3-16,21,24H,2H2,1H3/t21-/m1/s1. The summed E-state index contributed by atoms with van der Waals surface area (Å²) < 4.78 is 11.5. The Hall–Kier alpha value is -3.60. The van der Waals surface area contributed by atoms with Gasteiger partial charge in [-0.2, -0.15) is 0 Å². The molecule has 0 aliphatic heterocycles. The van der Waals surface area contributed by atoms with E-state index in [0.29, 0.717) is 18.4 Å². The average Bonchev–Trinajstić information content (AvgIpc) is 3.25. The first kappa shape index (κ1) is 17.8. The first-order valence-corrected chi connectivity index (χ1v) is 9.26. The van der Waals surface area contributed by atoms with Gasteiger partial charge in [0.05, 0.1) is 6.61 Å². The summed E-state index contributed by atoms with van der Waals surface area (Å²) in [5, 5.41) is 12.0. The lowest BCUT2D eigenvalue weighted by Gasteiger charge is -2.17. The molecule has 3 aromatic carbocycles. The molecule has 0 bridgehead atoms. The zero-order valence-corrected chi connectivity index (χ0v) is 15.6. The third kappa shape index (κ3) is 4.04. The lowest BCUT2D eigenvalue weighted by atomic mass is 10.1. The zero-order valence-electron chi connectivity index (χ0n) is 15.6. The van der Waals surface area contributed by atoms with E-state index in [1.807, 2.05) is 91.9 Å². The van der Waals surface area contributed by atoms with Crippen LogP contribution in [0.5, 0.6) is 5.75 Å². The molecule has 0 spiro atoms. The van der Waals surface area contributed by atoms with E-state index in [2.05, 4.69) is 15.5 Å². The van der Waals surface area contributed by atoms with E-state index in [-0.39, 0.29) is 6.04 Å². The Morgan fingerprint density at radius 2 is 1.54 bits per heavy atom. The van der Waals surface area contributed by atoms with Gasteiger partial charge in [-0.3, -0.25) is 0 Å². The van der Waals surface area contributed by atoms with Crippen molar-refractivity contribution in [3.8, 4) is 17.2 Å². The minimum atomic E-state index is -0.260. The summed E-state index contributed by atoms with van der Waals surface area (Å²) in [6.07, 6.45) is 0. The summed E-state index contributed by atoms with van der Waals surface area (Å²) in [7, 11) is 0. The van der Waals surface area contributed by atoms with Crippen LogP contribution in [0.1, 0.15) is 24.4 Å². The molecule has 1 aromatic heterocycles. The van der Waals surface area contributed by atoms with Crippen LogP contribution in [0.15, 0.2) is 89.3 Å². The Morgan fingerprint density at radius 1 is 0.857 bits per heavy atom. The van der Waals surface area contributed by atoms with Crippen LogP contribution in [-0.2, 0) is 0 Å². The smallest absolute Gasteiger partial charge is 0.247 e. The van der Waals surface area contributed by atoms with Crippen LogP contribution in [0, 0.1) is 0 Å². The van der Waals surface area contributed by atoms with Crippen LogP contribution in [-0.4, -0.2) is 16.8 Å². The van der Waals surface area contributed by atoms with E-state index in [4.69, 9.17) is 9.15 Å². The van der Waals surface area contributed by atoms with Gasteiger partial charge in [0.15, 0.2) is 0 Å². The highest BCUT2D eigenvalue weighted by Gasteiger charge is 2.21. The van der Waals surface area contributed by atoms with E-state index in [0.717, 1.165) is 22.6 Å². The molecule has 0 radical (unpaired) electrons. The van der Waals surface area contributed by atoms with Gasteiger partial charge in [0.25, 0.3) is 0 Å². The maximum Gasteiger partial charge on any atom is 0.247 e. The Balaban J connectivity index is 1.64. The summed E-state index contributed by atoms with van der Waals surface area (Å²) >= 11 is 0. The number of anilines is 1. The van der Waals surface area contributed by atoms with Crippen molar-refractivity contribution < 1.29 is 9.15 Å². The number of aromatic nitrogens is 2. The molecule has 0 aliphatic carbocycles. The Morgan fingerprint density at radius 3 is 2.21 bits per heavy atom. The zero-order chi connectivity index (χ0) is 19.2. The Bertz CT molecular complexity index is 999. The normalized spacial score (nSPS) is 11.8. The van der Waals surface area contributed by atoms with E-state index in [1.54, 1.807) is 0 Å². The van der Waals surface area contributed by atoms with Crippen LogP contribution < -0.4 is 10.1 Å². The van der Waals surface area contributed by atoms with E-state index < -0.39 is 0 Å². The van der Waals surface area contributed by atoms with Crippen molar-refractivity contribution >= 4 is 5.69 Å². The van der Waals surface area contributed by atoms with Crippen LogP contribution >= 0.6 is 0 Å². The topological polar surface area (TPSA) is 60.2 Å². The maximum absolute atomic E-state index is 6.01. The van der Waals surface area contributed by atoms with Crippen molar-refractivity contribution in [2.24, 2.45) is 0 Å². The highest BCUT2D eigenvalue weighted by atomic mass is 16.5. The average molecular weight is 371 g/mol. The summed E-state index contributed by atoms with van der Waals surface area (Å²) in [6, 6.07) is 27.4. The lowest BCUT2D eigenvalue weighted by Crippen LogP contribution is -2.12. The number of hydrogen-bond donors (Lipinski definition) is 1. The predicted octanol–water partition coefficient (Wildman–Crippen LogP) is 5.34. The van der Waals surface area contributed by atoms with Crippen LogP contribution in [0.2, 0.25) is 0 Å². The van der Waals surface area contributed by atoms with E-state index in [1.165, 1.54) is 0 Å². The molecule has 0 saturated carbocycles. The fourth-order valence-electron chi connectivity index (χ4n) is 2.96. The minimum Gasteiger partial charge on any atom is -0.494 e. The molecule has 140 valence electrons. The number of ether oxygens (including phenoxy) is 1. The molecule has 0 unspecified atom stereocenters. The van der Waals surface area contributed by atoms with Crippen molar-refractivity contribution in [1.82, 2.24) is 10.2 Å². The summed E-state index contributed by atoms with van der Waals surface area (Å²) in [5.74, 6) is 1.86. The first-order valence-electron chi connectivity index (χ1n) is 9.26. The van der Waals surface area contributed by atoms with Crippen molar-refractivity contribution in [1.29, 1.82) is 0 Å². The number of hydrogen-bond acceptors (Lipinski definition) is 5. The van der Waals surface area contributed by atoms with Crippen LogP contribution in [0.25, 0.3) is 11.5 Å². The van der Waals surface area contributed by atoms with E-state index >= 15 is 0 Å². The number of benzene rings is 3. The Kier molecular flexibility index (Phi) is 5.33. The molecule has 0 aliphatic rings. The monoisotopic (exact) mass is 371 g/mol. The number of nitrogens with one attached hydrogen (secondary N) is 1. The predicted molar refractivity (Wildman–Crippen MR) is 109 cm³/mol. The second-order valence-electron chi connectivity index (χ2n) is 6.26. The lowest BCUT2D eigenvalue weighted by molar-refractivity contribution is 0.340. The van der Waals surface area contributed by atoms with Crippen molar-refractivity contribution in [2.45, 2.75) is 13.0 Å². The van der Waals surface area contributed by atoms with Crippen LogP contribution in [0.4, 0.5) is 5.69 Å².